The molecule has 2 amide bonds. The van der Waals surface area contributed by atoms with Gasteiger partial charge in [-0.1, -0.05) is 13.8 Å². The van der Waals surface area contributed by atoms with E-state index in [4.69, 9.17) is 5.73 Å². The summed E-state index contributed by atoms with van der Waals surface area (Å²) in [5, 5.41) is 2.83. The van der Waals surface area contributed by atoms with E-state index in [1.165, 1.54) is 0 Å². The average Bonchev–Trinajstić information content (AvgIpc) is 2.54. The number of anilines is 1. The van der Waals surface area contributed by atoms with Gasteiger partial charge in [-0.25, -0.2) is 0 Å². The van der Waals surface area contributed by atoms with Gasteiger partial charge in [0, 0.05) is 35.8 Å². The first-order chi connectivity index (χ1) is 10.9. The molecule has 1 fully saturated rings. The van der Waals surface area contributed by atoms with Gasteiger partial charge in [0.15, 0.2) is 0 Å². The molecule has 0 spiro atoms. The highest BCUT2D eigenvalue weighted by atomic mass is 35.5. The van der Waals surface area contributed by atoms with E-state index in [0.29, 0.717) is 11.3 Å². The van der Waals surface area contributed by atoms with E-state index in [1.807, 2.05) is 25.7 Å². The van der Waals surface area contributed by atoms with E-state index >= 15 is 0 Å². The van der Waals surface area contributed by atoms with Crippen molar-refractivity contribution in [1.29, 1.82) is 0 Å². The lowest BCUT2D eigenvalue weighted by molar-refractivity contribution is -0.118. The van der Waals surface area contributed by atoms with Crippen LogP contribution in [0.3, 0.4) is 0 Å². The van der Waals surface area contributed by atoms with Crippen LogP contribution in [0.5, 0.6) is 0 Å². The maximum absolute atomic E-state index is 12.7. The molecule has 0 aromatic heterocycles. The Morgan fingerprint density at radius 2 is 1.79 bits per heavy atom. The van der Waals surface area contributed by atoms with E-state index in [-0.39, 0.29) is 42.2 Å². The molecular formula is C18H28ClN3O2. The Bertz CT molecular complexity index is 558. The standard InChI is InChI=1S/C18H27N3O2.ClH/c1-12(2)17(22)20-15-9-7-14(8-10-15)18(23)21-11-5-4-6-16(21)13(3)19;/h7-10,12-13,16H,4-6,11,19H2,1-3H3,(H,20,22);1H. The lowest BCUT2D eigenvalue weighted by Gasteiger charge is -2.38. The number of benzene rings is 1. The summed E-state index contributed by atoms with van der Waals surface area (Å²) in [5.74, 6) is -0.0812. The van der Waals surface area contributed by atoms with Gasteiger partial charge in [-0.2, -0.15) is 0 Å². The minimum atomic E-state index is -0.0727. The second-order valence-corrected chi connectivity index (χ2v) is 6.64. The monoisotopic (exact) mass is 353 g/mol. The van der Waals surface area contributed by atoms with Crippen LogP contribution in [0.2, 0.25) is 0 Å². The van der Waals surface area contributed by atoms with Crippen molar-refractivity contribution >= 4 is 29.9 Å². The molecule has 0 aliphatic carbocycles. The first kappa shape index (κ1) is 20.5. The predicted octanol–water partition coefficient (Wildman–Crippen LogP) is 3.04. The van der Waals surface area contributed by atoms with Crippen LogP contribution in [-0.2, 0) is 4.79 Å². The van der Waals surface area contributed by atoms with Crippen molar-refractivity contribution in [3.63, 3.8) is 0 Å². The fourth-order valence-corrected chi connectivity index (χ4v) is 2.90. The van der Waals surface area contributed by atoms with Crippen molar-refractivity contribution in [2.24, 2.45) is 11.7 Å². The van der Waals surface area contributed by atoms with Crippen molar-refractivity contribution in [2.75, 3.05) is 11.9 Å². The first-order valence-electron chi connectivity index (χ1n) is 8.37. The highest BCUT2D eigenvalue weighted by molar-refractivity contribution is 5.96. The smallest absolute Gasteiger partial charge is 0.254 e. The summed E-state index contributed by atoms with van der Waals surface area (Å²) >= 11 is 0. The van der Waals surface area contributed by atoms with Gasteiger partial charge >= 0.3 is 0 Å². The van der Waals surface area contributed by atoms with E-state index < -0.39 is 0 Å². The van der Waals surface area contributed by atoms with Crippen molar-refractivity contribution in [3.8, 4) is 0 Å². The zero-order chi connectivity index (χ0) is 17.0. The molecule has 24 heavy (non-hydrogen) atoms. The number of hydrogen-bond acceptors (Lipinski definition) is 3. The third kappa shape index (κ3) is 4.95. The highest BCUT2D eigenvalue weighted by Gasteiger charge is 2.29. The van der Waals surface area contributed by atoms with Crippen LogP contribution in [-0.4, -0.2) is 35.3 Å². The Morgan fingerprint density at radius 3 is 2.33 bits per heavy atom. The van der Waals surface area contributed by atoms with E-state index in [0.717, 1.165) is 25.8 Å². The molecule has 0 bridgehead atoms. The van der Waals surface area contributed by atoms with Crippen molar-refractivity contribution in [3.05, 3.63) is 29.8 Å². The number of piperidine rings is 1. The molecule has 0 saturated carbocycles. The molecular weight excluding hydrogens is 326 g/mol. The Labute approximate surface area is 150 Å². The largest absolute Gasteiger partial charge is 0.334 e. The van der Waals surface area contributed by atoms with E-state index in [2.05, 4.69) is 5.32 Å². The van der Waals surface area contributed by atoms with Crippen LogP contribution in [0.4, 0.5) is 5.69 Å². The number of nitrogens with one attached hydrogen (secondary N) is 1. The zero-order valence-corrected chi connectivity index (χ0v) is 15.4. The fourth-order valence-electron chi connectivity index (χ4n) is 2.90. The van der Waals surface area contributed by atoms with Crippen LogP contribution in [0.25, 0.3) is 0 Å². The van der Waals surface area contributed by atoms with Crippen molar-refractivity contribution in [2.45, 2.75) is 52.1 Å². The van der Waals surface area contributed by atoms with Crippen molar-refractivity contribution < 1.29 is 9.59 Å². The zero-order valence-electron chi connectivity index (χ0n) is 14.6. The molecule has 1 saturated heterocycles. The number of likely N-dealkylation sites (tertiary alicyclic amines) is 1. The van der Waals surface area contributed by atoms with Gasteiger partial charge in [0.1, 0.15) is 0 Å². The van der Waals surface area contributed by atoms with E-state index in [1.54, 1.807) is 24.3 Å². The quantitative estimate of drug-likeness (QED) is 0.873. The third-order valence-electron chi connectivity index (χ3n) is 4.34. The van der Waals surface area contributed by atoms with Gasteiger partial charge in [-0.05, 0) is 50.5 Å². The van der Waals surface area contributed by atoms with Crippen molar-refractivity contribution in [1.82, 2.24) is 4.90 Å². The number of rotatable bonds is 4. The molecule has 2 unspecified atom stereocenters. The molecule has 6 heteroatoms. The maximum atomic E-state index is 12.7. The first-order valence-corrected chi connectivity index (χ1v) is 8.37. The topological polar surface area (TPSA) is 75.4 Å². The molecule has 1 aromatic carbocycles. The number of nitrogens with two attached hydrogens (primary N) is 1. The fraction of sp³-hybridized carbons (Fsp3) is 0.556. The summed E-state index contributed by atoms with van der Waals surface area (Å²) in [6.07, 6.45) is 3.11. The van der Waals surface area contributed by atoms with Crippen LogP contribution in [0, 0.1) is 5.92 Å². The SMILES string of the molecule is CC(C)C(=O)Nc1ccc(C(=O)N2CCCCC2C(C)N)cc1.Cl. The molecule has 2 rings (SSSR count). The van der Waals surface area contributed by atoms with E-state index in [9.17, 15) is 9.59 Å². The second-order valence-electron chi connectivity index (χ2n) is 6.64. The lowest BCUT2D eigenvalue weighted by Crippen LogP contribution is -2.51. The van der Waals surface area contributed by atoms with Gasteiger partial charge in [0.05, 0.1) is 0 Å². The van der Waals surface area contributed by atoms with Crippen LogP contribution in [0.1, 0.15) is 50.4 Å². The molecule has 5 nitrogen and oxygen atoms in total. The summed E-state index contributed by atoms with van der Waals surface area (Å²) in [4.78, 5) is 26.3. The molecule has 3 N–H and O–H groups in total. The summed E-state index contributed by atoms with van der Waals surface area (Å²) in [6, 6.07) is 7.17. The Hall–Kier alpha value is -1.59. The number of hydrogen-bond donors (Lipinski definition) is 2. The number of halogens is 1. The Kier molecular flexibility index (Phi) is 7.70. The van der Waals surface area contributed by atoms with Crippen LogP contribution in [0.15, 0.2) is 24.3 Å². The molecule has 2 atom stereocenters. The third-order valence-corrected chi connectivity index (χ3v) is 4.34. The number of amides is 2. The molecule has 1 heterocycles. The highest BCUT2D eigenvalue weighted by Crippen LogP contribution is 2.22. The van der Waals surface area contributed by atoms with Gasteiger partial charge in [-0.3, -0.25) is 9.59 Å². The Balaban J connectivity index is 0.00000288. The lowest BCUT2D eigenvalue weighted by atomic mass is 9.96. The predicted molar refractivity (Wildman–Crippen MR) is 99.5 cm³/mol. The summed E-state index contributed by atoms with van der Waals surface area (Å²) in [6.45, 7) is 6.41. The normalized spacial score (nSPS) is 18.7. The minimum absolute atomic E-state index is 0. The average molecular weight is 354 g/mol. The number of carbonyl (C=O) groups excluding carboxylic acids is 2. The molecule has 1 aliphatic heterocycles. The number of carbonyl (C=O) groups is 2. The second kappa shape index (κ2) is 9.04. The molecule has 134 valence electrons. The van der Waals surface area contributed by atoms with Gasteiger partial charge < -0.3 is 16.0 Å². The molecule has 1 aromatic rings. The van der Waals surface area contributed by atoms with Crippen LogP contribution >= 0.6 is 12.4 Å². The summed E-state index contributed by atoms with van der Waals surface area (Å²) in [7, 11) is 0. The minimum Gasteiger partial charge on any atom is -0.334 e. The summed E-state index contributed by atoms with van der Waals surface area (Å²) in [5.41, 5.74) is 7.39. The number of nitrogens with zero attached hydrogens (tertiary/aromatic N) is 1. The molecule has 0 radical (unpaired) electrons. The maximum Gasteiger partial charge on any atom is 0.254 e. The Morgan fingerprint density at radius 1 is 1.17 bits per heavy atom. The van der Waals surface area contributed by atoms with Crippen LogP contribution < -0.4 is 11.1 Å². The molecule has 1 aliphatic rings. The van der Waals surface area contributed by atoms with Gasteiger partial charge in [0.2, 0.25) is 5.91 Å². The van der Waals surface area contributed by atoms with Gasteiger partial charge in [0.25, 0.3) is 5.91 Å². The van der Waals surface area contributed by atoms with Gasteiger partial charge in [-0.15, -0.1) is 12.4 Å². The summed E-state index contributed by atoms with van der Waals surface area (Å²) < 4.78 is 0.